The van der Waals surface area contributed by atoms with Crippen LogP contribution in [-0.4, -0.2) is 24.6 Å². The Balaban J connectivity index is 1.73. The van der Waals surface area contributed by atoms with Crippen LogP contribution >= 0.6 is 11.3 Å². The minimum Gasteiger partial charge on any atom is -0.467 e. The van der Waals surface area contributed by atoms with Crippen molar-refractivity contribution in [2.45, 2.75) is 30.5 Å². The number of hydrogen-bond acceptors (Lipinski definition) is 6. The van der Waals surface area contributed by atoms with Crippen molar-refractivity contribution in [2.24, 2.45) is 0 Å². The summed E-state index contributed by atoms with van der Waals surface area (Å²) in [4.78, 5) is 19.2. The summed E-state index contributed by atoms with van der Waals surface area (Å²) in [7, 11) is -3.45. The molecule has 0 saturated carbocycles. The zero-order valence-electron chi connectivity index (χ0n) is 16.8. The summed E-state index contributed by atoms with van der Waals surface area (Å²) >= 11 is 1.19. The van der Waals surface area contributed by atoms with Gasteiger partial charge < -0.3 is 4.42 Å². The molecule has 0 unspecified atom stereocenters. The second-order valence-corrected chi connectivity index (χ2v) is 10.7. The van der Waals surface area contributed by atoms with Gasteiger partial charge in [-0.3, -0.25) is 9.69 Å². The van der Waals surface area contributed by atoms with Crippen molar-refractivity contribution in [3.8, 4) is 0 Å². The zero-order chi connectivity index (χ0) is 22.2. The summed E-state index contributed by atoms with van der Waals surface area (Å²) < 4.78 is 44.9. The van der Waals surface area contributed by atoms with Crippen LogP contribution in [0.1, 0.15) is 30.0 Å². The number of anilines is 1. The molecule has 0 fully saturated rings. The van der Waals surface area contributed by atoms with Gasteiger partial charge in [-0.1, -0.05) is 17.4 Å². The van der Waals surface area contributed by atoms with Crippen LogP contribution in [0.5, 0.6) is 0 Å². The second kappa shape index (κ2) is 8.24. The SMILES string of the molecule is CC(C)S(=O)(=O)c1ccc(C(=O)N(Cc2ccco2)c2nc3c(F)cccc3s2)cc1. The first-order chi connectivity index (χ1) is 14.8. The van der Waals surface area contributed by atoms with Crippen LogP contribution in [0.3, 0.4) is 0 Å². The van der Waals surface area contributed by atoms with E-state index in [9.17, 15) is 17.6 Å². The maximum Gasteiger partial charge on any atom is 0.260 e. The normalized spacial score (nSPS) is 11.9. The number of carbonyl (C=O) groups excluding carboxylic acids is 1. The van der Waals surface area contributed by atoms with E-state index >= 15 is 0 Å². The highest BCUT2D eigenvalue weighted by Crippen LogP contribution is 2.32. The number of aromatic nitrogens is 1. The summed E-state index contributed by atoms with van der Waals surface area (Å²) in [5.74, 6) is -0.329. The van der Waals surface area contributed by atoms with Crippen LogP contribution in [0.2, 0.25) is 0 Å². The Morgan fingerprint density at radius 2 is 1.87 bits per heavy atom. The zero-order valence-corrected chi connectivity index (χ0v) is 18.4. The largest absolute Gasteiger partial charge is 0.467 e. The van der Waals surface area contributed by atoms with Crippen molar-refractivity contribution >= 4 is 42.4 Å². The number of sulfone groups is 1. The maximum absolute atomic E-state index is 14.2. The van der Waals surface area contributed by atoms with E-state index in [1.54, 1.807) is 38.1 Å². The second-order valence-electron chi connectivity index (χ2n) is 7.17. The predicted octanol–water partition coefficient (Wildman–Crippen LogP) is 5.06. The summed E-state index contributed by atoms with van der Waals surface area (Å²) in [5.41, 5.74) is 0.479. The van der Waals surface area contributed by atoms with Gasteiger partial charge in [0.25, 0.3) is 5.91 Å². The minimum atomic E-state index is -3.45. The Labute approximate surface area is 182 Å². The molecule has 31 heavy (non-hydrogen) atoms. The Morgan fingerprint density at radius 3 is 2.48 bits per heavy atom. The number of nitrogens with zero attached hydrogens (tertiary/aromatic N) is 2. The smallest absolute Gasteiger partial charge is 0.260 e. The number of halogens is 1. The summed E-state index contributed by atoms with van der Waals surface area (Å²) in [6.07, 6.45) is 1.50. The Morgan fingerprint density at radius 1 is 1.13 bits per heavy atom. The molecule has 1 amide bonds. The number of thiazole rings is 1. The molecule has 2 aromatic heterocycles. The third-order valence-corrected chi connectivity index (χ3v) is 7.99. The fraction of sp³-hybridized carbons (Fsp3) is 0.182. The molecule has 0 radical (unpaired) electrons. The van der Waals surface area contributed by atoms with Crippen molar-refractivity contribution < 1.29 is 22.0 Å². The summed E-state index contributed by atoms with van der Waals surface area (Å²) in [5, 5.41) is -0.248. The van der Waals surface area contributed by atoms with Crippen molar-refractivity contribution in [1.29, 1.82) is 0 Å². The van der Waals surface area contributed by atoms with Crippen molar-refractivity contribution in [2.75, 3.05) is 4.90 Å². The molecule has 0 atom stereocenters. The third kappa shape index (κ3) is 4.11. The lowest BCUT2D eigenvalue weighted by Crippen LogP contribution is -2.30. The molecule has 0 saturated heterocycles. The van der Waals surface area contributed by atoms with Crippen molar-refractivity contribution in [1.82, 2.24) is 4.98 Å². The van der Waals surface area contributed by atoms with E-state index < -0.39 is 26.8 Å². The Bertz CT molecular complexity index is 1330. The molecule has 0 bridgehead atoms. The lowest BCUT2D eigenvalue weighted by molar-refractivity contribution is 0.0983. The van der Waals surface area contributed by atoms with E-state index in [1.807, 2.05) is 0 Å². The molecule has 4 rings (SSSR count). The molecular weight excluding hydrogens is 439 g/mol. The highest BCUT2D eigenvalue weighted by molar-refractivity contribution is 7.92. The van der Waals surface area contributed by atoms with Gasteiger partial charge in [-0.15, -0.1) is 0 Å². The number of rotatable bonds is 6. The third-order valence-electron chi connectivity index (χ3n) is 4.78. The van der Waals surface area contributed by atoms with Gasteiger partial charge in [0.2, 0.25) is 0 Å². The minimum absolute atomic E-state index is 0.0965. The average molecular weight is 459 g/mol. The lowest BCUT2D eigenvalue weighted by atomic mass is 10.2. The molecule has 4 aromatic rings. The van der Waals surface area contributed by atoms with Gasteiger partial charge in [0.05, 0.1) is 27.7 Å². The summed E-state index contributed by atoms with van der Waals surface area (Å²) in [6, 6.07) is 13.9. The number of amides is 1. The van der Waals surface area contributed by atoms with Crippen molar-refractivity contribution in [3.05, 3.63) is 78.0 Å². The molecular formula is C22H19FN2O4S2. The van der Waals surface area contributed by atoms with Crippen LogP contribution in [-0.2, 0) is 16.4 Å². The molecule has 0 aliphatic carbocycles. The van der Waals surface area contributed by atoms with E-state index in [0.717, 1.165) is 0 Å². The number of para-hydroxylation sites is 1. The molecule has 0 spiro atoms. The van der Waals surface area contributed by atoms with Crippen molar-refractivity contribution in [3.63, 3.8) is 0 Å². The van der Waals surface area contributed by atoms with Gasteiger partial charge in [-0.25, -0.2) is 17.8 Å². The quantitative estimate of drug-likeness (QED) is 0.404. The summed E-state index contributed by atoms with van der Waals surface area (Å²) in [6.45, 7) is 3.30. The number of hydrogen-bond donors (Lipinski definition) is 0. The van der Waals surface area contributed by atoms with E-state index in [1.165, 1.54) is 52.8 Å². The van der Waals surface area contributed by atoms with Gasteiger partial charge in [0, 0.05) is 5.56 Å². The molecule has 2 heterocycles. The fourth-order valence-electron chi connectivity index (χ4n) is 3.02. The van der Waals surface area contributed by atoms with Crippen LogP contribution in [0.4, 0.5) is 9.52 Å². The maximum atomic E-state index is 14.2. The molecule has 0 aliphatic heterocycles. The number of fused-ring (bicyclic) bond motifs is 1. The first-order valence-corrected chi connectivity index (χ1v) is 11.9. The molecule has 2 aromatic carbocycles. The molecule has 160 valence electrons. The number of carbonyl (C=O) groups is 1. The van der Waals surface area contributed by atoms with Gasteiger partial charge in [-0.2, -0.15) is 0 Å². The molecule has 6 nitrogen and oxygen atoms in total. The standard InChI is InChI=1S/C22H19FN2O4S2/c1-14(2)31(27,28)17-10-8-15(9-11-17)21(26)25(13-16-5-4-12-29-16)22-24-20-18(23)6-3-7-19(20)30-22/h3-12,14H,13H2,1-2H3. The highest BCUT2D eigenvalue weighted by atomic mass is 32.2. The van der Waals surface area contributed by atoms with Gasteiger partial charge in [-0.05, 0) is 62.4 Å². The topological polar surface area (TPSA) is 80.5 Å². The van der Waals surface area contributed by atoms with E-state index in [0.29, 0.717) is 15.6 Å². The van der Waals surface area contributed by atoms with Gasteiger partial charge >= 0.3 is 0 Å². The first kappa shape index (κ1) is 21.2. The van der Waals surface area contributed by atoms with Crippen LogP contribution in [0.25, 0.3) is 10.2 Å². The number of furan rings is 1. The number of benzene rings is 2. The molecule has 9 heteroatoms. The highest BCUT2D eigenvalue weighted by Gasteiger charge is 2.25. The first-order valence-electron chi connectivity index (χ1n) is 9.50. The fourth-order valence-corrected chi connectivity index (χ4v) is 5.06. The van der Waals surface area contributed by atoms with Crippen LogP contribution in [0.15, 0.2) is 70.2 Å². The van der Waals surface area contributed by atoms with Gasteiger partial charge in [0.15, 0.2) is 15.0 Å². The Kier molecular flexibility index (Phi) is 5.63. The lowest BCUT2D eigenvalue weighted by Gasteiger charge is -2.19. The molecule has 0 aliphatic rings. The molecule has 0 N–H and O–H groups in total. The Hall–Kier alpha value is -3.04. The van der Waals surface area contributed by atoms with E-state index in [2.05, 4.69) is 4.98 Å². The van der Waals surface area contributed by atoms with E-state index in [4.69, 9.17) is 4.42 Å². The monoisotopic (exact) mass is 458 g/mol. The van der Waals surface area contributed by atoms with Crippen LogP contribution in [0, 0.1) is 5.82 Å². The average Bonchev–Trinajstić information content (AvgIpc) is 3.42. The van der Waals surface area contributed by atoms with Crippen LogP contribution < -0.4 is 4.90 Å². The predicted molar refractivity (Wildman–Crippen MR) is 118 cm³/mol. The van der Waals surface area contributed by atoms with E-state index in [-0.39, 0.29) is 22.5 Å². The van der Waals surface area contributed by atoms with Gasteiger partial charge in [0.1, 0.15) is 17.1 Å².